The van der Waals surface area contributed by atoms with Crippen molar-refractivity contribution in [3.05, 3.63) is 86.9 Å². The first kappa shape index (κ1) is 26.9. The van der Waals surface area contributed by atoms with Gasteiger partial charge in [0.05, 0.1) is 28.1 Å². The van der Waals surface area contributed by atoms with Crippen LogP contribution in [-0.2, 0) is 27.3 Å². The van der Waals surface area contributed by atoms with Crippen LogP contribution >= 0.6 is 23.2 Å². The summed E-state index contributed by atoms with van der Waals surface area (Å²) in [6.07, 6.45) is -4.66. The third kappa shape index (κ3) is 6.82. The van der Waals surface area contributed by atoms with Gasteiger partial charge in [0.25, 0.3) is 0 Å². The molecule has 1 amide bonds. The average Bonchev–Trinajstić information content (AvgIpc) is 2.73. The summed E-state index contributed by atoms with van der Waals surface area (Å²) in [4.78, 5) is 12.5. The molecular weight excluding hydrogens is 584 g/mol. The summed E-state index contributed by atoms with van der Waals surface area (Å²) >= 11 is 12.0. The fourth-order valence-electron chi connectivity index (χ4n) is 2.73. The number of nitrogens with zero attached hydrogens (tertiary/aromatic N) is 2. The van der Waals surface area contributed by atoms with E-state index in [1.165, 1.54) is 48.5 Å². The largest absolute Gasteiger partial charge is 0.620 e. The maximum absolute atomic E-state index is 14.0. The first-order valence-corrected chi connectivity index (χ1v) is 9.58. The summed E-state index contributed by atoms with van der Waals surface area (Å²) in [5.41, 5.74) is 0.164. The molecule has 3 rings (SSSR count). The fourth-order valence-corrected chi connectivity index (χ4v) is 3.20. The predicted molar refractivity (Wildman–Crippen MR) is 112 cm³/mol. The van der Waals surface area contributed by atoms with Crippen molar-refractivity contribution in [2.75, 3.05) is 6.61 Å². The quantitative estimate of drug-likeness (QED) is 0.228. The van der Waals surface area contributed by atoms with Crippen LogP contribution in [0.15, 0.2) is 54.6 Å². The number of hydrogen-bond donors (Lipinski definition) is 0. The molecule has 0 spiro atoms. The van der Waals surface area contributed by atoms with Crippen molar-refractivity contribution in [1.82, 2.24) is 0 Å². The van der Waals surface area contributed by atoms with Gasteiger partial charge in [-0.1, -0.05) is 47.1 Å². The van der Waals surface area contributed by atoms with Gasteiger partial charge in [0.1, 0.15) is 11.6 Å². The Labute approximate surface area is 216 Å². The second-order valence-corrected chi connectivity index (χ2v) is 7.22. The van der Waals surface area contributed by atoms with E-state index in [0.29, 0.717) is 11.1 Å². The Bertz CT molecular complexity index is 1210. The van der Waals surface area contributed by atoms with Crippen LogP contribution in [0.3, 0.4) is 0 Å². The van der Waals surface area contributed by atoms with Gasteiger partial charge in [-0.2, -0.15) is 18.4 Å². The van der Waals surface area contributed by atoms with Crippen molar-refractivity contribution < 1.29 is 54.4 Å². The molecule has 3 aromatic carbocycles. The molecule has 0 heterocycles. The monoisotopic (exact) mass is 595 g/mol. The van der Waals surface area contributed by atoms with Gasteiger partial charge in [-0.15, -0.1) is 0 Å². The standard InChI is InChI=1S/C22H12Cl2F4N2O2.Cd/c23-15-6-4-12(10-29)8-14(15)13-5-7-18(19(9-13)32-11-22(26,27)28)30-21(31)20-16(24)2-1-3-17(20)25;/h1-9H,11H2,(H,30,31);/p-1. The molecule has 0 aromatic heterocycles. The predicted octanol–water partition coefficient (Wildman–Crippen LogP) is 7.46. The molecule has 0 N–H and O–H groups in total. The molecule has 11 heteroatoms. The number of alkyl halides is 3. The molecule has 0 saturated carbocycles. The molecule has 0 aliphatic rings. The van der Waals surface area contributed by atoms with E-state index in [2.05, 4.69) is 5.32 Å². The van der Waals surface area contributed by atoms with Crippen LogP contribution in [0.2, 0.25) is 10.0 Å². The molecule has 0 unspecified atom stereocenters. The van der Waals surface area contributed by atoms with Crippen molar-refractivity contribution in [2.24, 2.45) is 0 Å². The Kier molecular flexibility index (Phi) is 9.11. The van der Waals surface area contributed by atoms with Gasteiger partial charge in [-0.05, 0) is 42.0 Å². The number of amides is 1. The number of benzene rings is 3. The molecule has 4 nitrogen and oxygen atoms in total. The summed E-state index contributed by atoms with van der Waals surface area (Å²) in [6.45, 7) is -1.65. The minimum atomic E-state index is -4.66. The van der Waals surface area contributed by atoms with Crippen LogP contribution in [0, 0.1) is 17.1 Å². The zero-order valence-electron chi connectivity index (χ0n) is 16.6. The summed E-state index contributed by atoms with van der Waals surface area (Å²) in [5.74, 6) is -2.41. The van der Waals surface area contributed by atoms with Gasteiger partial charge in [0, 0.05) is 37.9 Å². The zero-order valence-corrected chi connectivity index (χ0v) is 22.1. The minimum absolute atomic E-state index is 0. The summed E-state index contributed by atoms with van der Waals surface area (Å²) in [6, 6.07) is 13.8. The number of nitriles is 1. The topological polar surface area (TPSA) is 64.2 Å². The SMILES string of the molecule is N#Cc1ccc(Cl)c(-c2ccc([N-]C(=O)c3c(F)cccc3Cl)c(OCC(F)(F)F)c2)c1.[Cd]. The number of ether oxygens (including phenoxy) is 1. The van der Waals surface area contributed by atoms with Crippen LogP contribution in [0.25, 0.3) is 16.4 Å². The van der Waals surface area contributed by atoms with Gasteiger partial charge in [0.2, 0.25) is 0 Å². The molecule has 0 saturated heterocycles. The smallest absolute Gasteiger partial charge is 0.422 e. The first-order chi connectivity index (χ1) is 15.1. The van der Waals surface area contributed by atoms with Gasteiger partial charge < -0.3 is 14.8 Å². The molecule has 0 fully saturated rings. The number of hydrogen-bond acceptors (Lipinski definition) is 3. The average molecular weight is 595 g/mol. The van der Waals surface area contributed by atoms with Crippen LogP contribution in [-0.4, -0.2) is 18.7 Å². The minimum Gasteiger partial charge on any atom is -0.620 e. The molecule has 0 bridgehead atoms. The zero-order chi connectivity index (χ0) is 23.5. The van der Waals surface area contributed by atoms with Crippen molar-refractivity contribution >= 4 is 34.8 Å². The van der Waals surface area contributed by atoms with E-state index in [-0.39, 0.29) is 54.3 Å². The van der Waals surface area contributed by atoms with Crippen molar-refractivity contribution in [2.45, 2.75) is 6.18 Å². The fraction of sp³-hybridized carbons (Fsp3) is 0.0909. The van der Waals surface area contributed by atoms with Gasteiger partial charge in [-0.25, -0.2) is 4.39 Å². The van der Waals surface area contributed by atoms with E-state index in [9.17, 15) is 22.4 Å². The molecule has 0 radical (unpaired) electrons. The van der Waals surface area contributed by atoms with E-state index in [1.807, 2.05) is 6.07 Å². The normalized spacial score (nSPS) is 10.7. The van der Waals surface area contributed by atoms with Crippen LogP contribution in [0.1, 0.15) is 15.9 Å². The maximum atomic E-state index is 14.0. The van der Waals surface area contributed by atoms with E-state index in [0.717, 1.165) is 6.07 Å². The van der Waals surface area contributed by atoms with Crippen LogP contribution < -0.4 is 4.74 Å². The molecule has 3 aromatic rings. The Balaban J connectivity index is 0.00000385. The van der Waals surface area contributed by atoms with E-state index in [4.69, 9.17) is 33.2 Å². The second-order valence-electron chi connectivity index (χ2n) is 6.41. The van der Waals surface area contributed by atoms with Gasteiger partial charge in [0.15, 0.2) is 6.61 Å². The maximum Gasteiger partial charge on any atom is 0.422 e. The molecule has 0 aliphatic heterocycles. The van der Waals surface area contributed by atoms with Crippen LogP contribution in [0.5, 0.6) is 5.75 Å². The Morgan fingerprint density at radius 1 is 1.06 bits per heavy atom. The first-order valence-electron chi connectivity index (χ1n) is 8.83. The Hall–Kier alpha value is -2.36. The third-order valence-electron chi connectivity index (χ3n) is 4.16. The van der Waals surface area contributed by atoms with E-state index >= 15 is 0 Å². The summed E-state index contributed by atoms with van der Waals surface area (Å²) in [5, 5.41) is 12.8. The second kappa shape index (κ2) is 11.2. The van der Waals surface area contributed by atoms with Gasteiger partial charge in [-0.3, -0.25) is 0 Å². The molecular formula is C22H11CdCl2F4N2O2-. The van der Waals surface area contributed by atoms with Gasteiger partial charge >= 0.3 is 6.18 Å². The van der Waals surface area contributed by atoms with Crippen molar-refractivity contribution in [3.63, 3.8) is 0 Å². The van der Waals surface area contributed by atoms with E-state index < -0.39 is 30.1 Å². The number of rotatable bonds is 5. The molecule has 0 aliphatic carbocycles. The van der Waals surface area contributed by atoms with Crippen molar-refractivity contribution in [1.29, 1.82) is 5.26 Å². The summed E-state index contributed by atoms with van der Waals surface area (Å²) < 4.78 is 57.1. The number of carbonyl (C=O) groups excluding carboxylic acids is 1. The van der Waals surface area contributed by atoms with Crippen LogP contribution in [0.4, 0.5) is 23.2 Å². The Morgan fingerprint density at radius 2 is 1.79 bits per heavy atom. The number of halogens is 6. The third-order valence-corrected chi connectivity index (χ3v) is 4.80. The molecule has 33 heavy (non-hydrogen) atoms. The molecule has 0 atom stereocenters. The molecule has 166 valence electrons. The van der Waals surface area contributed by atoms with E-state index in [1.54, 1.807) is 0 Å². The summed E-state index contributed by atoms with van der Waals surface area (Å²) in [7, 11) is 0. The van der Waals surface area contributed by atoms with Crippen molar-refractivity contribution in [3.8, 4) is 22.9 Å². The Morgan fingerprint density at radius 3 is 2.42 bits per heavy atom. The number of carbonyl (C=O) groups is 1.